The van der Waals surface area contributed by atoms with E-state index in [2.05, 4.69) is 38.2 Å². The molecule has 0 radical (unpaired) electrons. The first kappa shape index (κ1) is 15.8. The molecule has 0 fully saturated rings. The molecule has 0 aliphatic carbocycles. The summed E-state index contributed by atoms with van der Waals surface area (Å²) in [5.74, 6) is 0.700. The van der Waals surface area contributed by atoms with E-state index >= 15 is 0 Å². The Morgan fingerprint density at radius 2 is 2.00 bits per heavy atom. The summed E-state index contributed by atoms with van der Waals surface area (Å²) >= 11 is 0. The van der Waals surface area contributed by atoms with Crippen LogP contribution in [0.4, 0.5) is 0 Å². The first-order valence-electron chi connectivity index (χ1n) is 6.71. The van der Waals surface area contributed by atoms with Crippen molar-refractivity contribution in [3.63, 3.8) is 0 Å². The van der Waals surface area contributed by atoms with Crippen LogP contribution in [-0.2, 0) is 0 Å². The molecule has 0 saturated heterocycles. The van der Waals surface area contributed by atoms with Gasteiger partial charge in [-0.1, -0.05) is 6.07 Å². The Balaban J connectivity index is 2.59. The highest BCUT2D eigenvalue weighted by Crippen LogP contribution is 2.28. The van der Waals surface area contributed by atoms with E-state index in [1.165, 1.54) is 0 Å². The largest absolute Gasteiger partial charge is 0.504 e. The third kappa shape index (κ3) is 5.09. The van der Waals surface area contributed by atoms with E-state index in [0.717, 1.165) is 18.5 Å². The molecule has 108 valence electrons. The van der Waals surface area contributed by atoms with Crippen molar-refractivity contribution in [1.82, 2.24) is 10.2 Å². The van der Waals surface area contributed by atoms with Crippen molar-refractivity contribution in [2.24, 2.45) is 0 Å². The summed E-state index contributed by atoms with van der Waals surface area (Å²) in [6, 6.07) is 6.15. The average molecular weight is 266 g/mol. The third-order valence-corrected chi connectivity index (χ3v) is 3.25. The van der Waals surface area contributed by atoms with Crippen LogP contribution >= 0.6 is 0 Å². The highest BCUT2D eigenvalue weighted by atomic mass is 16.5. The number of methoxy groups -OCH3 is 1. The fraction of sp³-hybridized carbons (Fsp3) is 0.600. The number of benzene rings is 1. The van der Waals surface area contributed by atoms with Crippen LogP contribution in [0.15, 0.2) is 18.2 Å². The molecule has 0 bridgehead atoms. The number of aromatic hydroxyl groups is 1. The zero-order valence-electron chi connectivity index (χ0n) is 12.6. The molecule has 0 heterocycles. The second-order valence-electron chi connectivity index (χ2n) is 5.31. The van der Waals surface area contributed by atoms with E-state index in [4.69, 9.17) is 4.74 Å². The summed E-state index contributed by atoms with van der Waals surface area (Å²) in [7, 11) is 5.73. The van der Waals surface area contributed by atoms with Crippen molar-refractivity contribution in [3.05, 3.63) is 23.8 Å². The van der Waals surface area contributed by atoms with Gasteiger partial charge in [-0.25, -0.2) is 0 Å². The topological polar surface area (TPSA) is 44.7 Å². The van der Waals surface area contributed by atoms with Gasteiger partial charge in [0, 0.05) is 12.1 Å². The van der Waals surface area contributed by atoms with Crippen LogP contribution in [0.25, 0.3) is 0 Å². The lowest BCUT2D eigenvalue weighted by Gasteiger charge is -2.22. The van der Waals surface area contributed by atoms with Crippen molar-refractivity contribution >= 4 is 0 Å². The Morgan fingerprint density at radius 3 is 2.58 bits per heavy atom. The highest BCUT2D eigenvalue weighted by Gasteiger charge is 2.12. The van der Waals surface area contributed by atoms with Crippen molar-refractivity contribution in [2.75, 3.05) is 27.7 Å². The molecule has 0 aliphatic rings. The van der Waals surface area contributed by atoms with Gasteiger partial charge in [-0.15, -0.1) is 0 Å². The van der Waals surface area contributed by atoms with Gasteiger partial charge in [0.2, 0.25) is 0 Å². The molecule has 1 rings (SSSR count). The smallest absolute Gasteiger partial charge is 0.160 e. The number of nitrogens with one attached hydrogen (secondary N) is 1. The highest BCUT2D eigenvalue weighted by molar-refractivity contribution is 5.42. The zero-order valence-corrected chi connectivity index (χ0v) is 12.6. The van der Waals surface area contributed by atoms with Crippen LogP contribution in [-0.4, -0.2) is 43.8 Å². The summed E-state index contributed by atoms with van der Waals surface area (Å²) < 4.78 is 5.14. The lowest BCUT2D eigenvalue weighted by molar-refractivity contribution is 0.352. The van der Waals surface area contributed by atoms with Gasteiger partial charge in [0.25, 0.3) is 0 Å². The standard InChI is InChI=1S/C15H26N2O2/c1-11(8-9-17(3)4)16-12(2)13-6-7-14(18)15(10-13)19-5/h6-7,10-12,16,18H,8-9H2,1-5H3. The van der Waals surface area contributed by atoms with Gasteiger partial charge < -0.3 is 20.1 Å². The number of nitrogens with zero attached hydrogens (tertiary/aromatic N) is 1. The van der Waals surface area contributed by atoms with Crippen LogP contribution in [0.2, 0.25) is 0 Å². The molecule has 0 amide bonds. The molecule has 1 aromatic carbocycles. The van der Waals surface area contributed by atoms with E-state index in [9.17, 15) is 5.11 Å². The minimum atomic E-state index is 0.180. The van der Waals surface area contributed by atoms with Gasteiger partial charge in [-0.3, -0.25) is 0 Å². The molecule has 2 atom stereocenters. The van der Waals surface area contributed by atoms with Gasteiger partial charge >= 0.3 is 0 Å². The van der Waals surface area contributed by atoms with Crippen LogP contribution in [0, 0.1) is 0 Å². The molecule has 4 nitrogen and oxygen atoms in total. The first-order valence-corrected chi connectivity index (χ1v) is 6.71. The number of ether oxygens (including phenoxy) is 1. The predicted molar refractivity (Wildman–Crippen MR) is 78.8 cm³/mol. The third-order valence-electron chi connectivity index (χ3n) is 3.25. The second kappa shape index (κ2) is 7.36. The molecule has 0 aliphatic heterocycles. The van der Waals surface area contributed by atoms with Crippen LogP contribution in [0.5, 0.6) is 11.5 Å². The fourth-order valence-electron chi connectivity index (χ4n) is 2.02. The Hall–Kier alpha value is -1.26. The molecule has 0 saturated carbocycles. The maximum Gasteiger partial charge on any atom is 0.160 e. The number of hydrogen-bond donors (Lipinski definition) is 2. The quantitative estimate of drug-likeness (QED) is 0.795. The lowest BCUT2D eigenvalue weighted by Crippen LogP contribution is -2.31. The van der Waals surface area contributed by atoms with Gasteiger partial charge in [0.15, 0.2) is 11.5 Å². The summed E-state index contributed by atoms with van der Waals surface area (Å²) in [6.07, 6.45) is 1.10. The van der Waals surface area contributed by atoms with E-state index in [1.54, 1.807) is 13.2 Å². The van der Waals surface area contributed by atoms with Crippen LogP contribution in [0.1, 0.15) is 31.9 Å². The Labute approximate surface area is 116 Å². The molecule has 19 heavy (non-hydrogen) atoms. The Kier molecular flexibility index (Phi) is 6.12. The van der Waals surface area contributed by atoms with Gasteiger partial charge in [0.05, 0.1) is 7.11 Å². The fourth-order valence-corrected chi connectivity index (χ4v) is 2.02. The number of hydrogen-bond acceptors (Lipinski definition) is 4. The molecule has 1 aromatic rings. The Bertz CT molecular complexity index is 394. The zero-order chi connectivity index (χ0) is 14.4. The number of phenolic OH excluding ortho intramolecular Hbond substituents is 1. The van der Waals surface area contributed by atoms with E-state index < -0.39 is 0 Å². The minimum Gasteiger partial charge on any atom is -0.504 e. The predicted octanol–water partition coefficient (Wildman–Crippen LogP) is 2.39. The maximum atomic E-state index is 9.59. The van der Waals surface area contributed by atoms with Crippen molar-refractivity contribution < 1.29 is 9.84 Å². The first-order chi connectivity index (χ1) is 8.93. The number of rotatable bonds is 7. The van der Waals surface area contributed by atoms with Crippen LogP contribution in [0.3, 0.4) is 0 Å². The van der Waals surface area contributed by atoms with Crippen molar-refractivity contribution in [2.45, 2.75) is 32.4 Å². The van der Waals surface area contributed by atoms with Gasteiger partial charge in [-0.05, 0) is 58.6 Å². The normalized spacial score (nSPS) is 14.4. The summed E-state index contributed by atoms with van der Waals surface area (Å²) in [5, 5.41) is 13.2. The summed E-state index contributed by atoms with van der Waals surface area (Å²) in [5.41, 5.74) is 1.12. The van der Waals surface area contributed by atoms with Crippen LogP contribution < -0.4 is 10.1 Å². The average Bonchev–Trinajstić information content (AvgIpc) is 2.36. The van der Waals surface area contributed by atoms with E-state index in [1.807, 2.05) is 12.1 Å². The monoisotopic (exact) mass is 266 g/mol. The Morgan fingerprint density at radius 1 is 1.32 bits per heavy atom. The molecule has 0 aromatic heterocycles. The SMILES string of the molecule is COc1cc(C(C)NC(C)CCN(C)C)ccc1O. The molecule has 2 N–H and O–H groups in total. The van der Waals surface area contributed by atoms with Gasteiger partial charge in [-0.2, -0.15) is 0 Å². The van der Waals surface area contributed by atoms with E-state index in [0.29, 0.717) is 11.8 Å². The minimum absolute atomic E-state index is 0.180. The van der Waals surface area contributed by atoms with Gasteiger partial charge in [0.1, 0.15) is 0 Å². The molecular weight excluding hydrogens is 240 g/mol. The molecule has 2 unspecified atom stereocenters. The number of phenols is 1. The van der Waals surface area contributed by atoms with Crippen molar-refractivity contribution in [3.8, 4) is 11.5 Å². The summed E-state index contributed by atoms with van der Waals surface area (Å²) in [4.78, 5) is 2.19. The van der Waals surface area contributed by atoms with E-state index in [-0.39, 0.29) is 11.8 Å². The maximum absolute atomic E-state index is 9.59. The molecular formula is C15H26N2O2. The molecule has 4 heteroatoms. The summed E-state index contributed by atoms with van der Waals surface area (Å²) in [6.45, 7) is 5.38. The van der Waals surface area contributed by atoms with Crippen molar-refractivity contribution in [1.29, 1.82) is 0 Å². The molecule has 0 spiro atoms. The lowest BCUT2D eigenvalue weighted by atomic mass is 10.1. The second-order valence-corrected chi connectivity index (χ2v) is 5.31.